The second-order valence-corrected chi connectivity index (χ2v) is 6.13. The molecular formula is C24H14Y-2. The number of hydrogen-bond acceptors (Lipinski definition) is 0. The van der Waals surface area contributed by atoms with Gasteiger partial charge in [-0.2, -0.15) is 42.0 Å². The summed E-state index contributed by atoms with van der Waals surface area (Å²) in [6.45, 7) is 0. The van der Waals surface area contributed by atoms with Crippen molar-refractivity contribution in [2.45, 2.75) is 0 Å². The fourth-order valence-electron chi connectivity index (χ4n) is 3.33. The minimum absolute atomic E-state index is 0. The third-order valence-corrected chi connectivity index (χ3v) is 4.57. The topological polar surface area (TPSA) is 0 Å². The van der Waals surface area contributed by atoms with Gasteiger partial charge in [-0.3, -0.25) is 0 Å². The summed E-state index contributed by atoms with van der Waals surface area (Å²) in [5.74, 6) is 0. The molecule has 0 aromatic heterocycles. The molecule has 0 aliphatic heterocycles. The van der Waals surface area contributed by atoms with Crippen LogP contribution < -0.4 is 0 Å². The molecule has 5 aromatic carbocycles. The molecule has 25 heavy (non-hydrogen) atoms. The average molecular weight is 391 g/mol. The summed E-state index contributed by atoms with van der Waals surface area (Å²) in [4.78, 5) is 0. The van der Waals surface area contributed by atoms with Gasteiger partial charge in [-0.05, 0) is 22.2 Å². The Balaban J connectivity index is 0.00000157. The average Bonchev–Trinajstić information content (AvgIpc) is 2.65. The second-order valence-electron chi connectivity index (χ2n) is 6.13. The maximum absolute atomic E-state index is 3.55. The Morgan fingerprint density at radius 3 is 1.92 bits per heavy atom. The molecular weight excluding hydrogens is 377 g/mol. The molecule has 5 rings (SSSR count). The van der Waals surface area contributed by atoms with Crippen molar-refractivity contribution in [2.75, 3.05) is 0 Å². The van der Waals surface area contributed by atoms with Crippen molar-refractivity contribution in [3.8, 4) is 11.1 Å². The summed E-state index contributed by atoms with van der Waals surface area (Å²) in [5.41, 5.74) is 2.17. The van der Waals surface area contributed by atoms with E-state index in [0.29, 0.717) is 0 Å². The zero-order valence-corrected chi connectivity index (χ0v) is 16.5. The first-order valence-electron chi connectivity index (χ1n) is 8.12. The van der Waals surface area contributed by atoms with E-state index in [1.165, 1.54) is 26.9 Å². The number of hydrogen-bond donors (Lipinski definition) is 0. The molecule has 1 radical (unpaired) electrons. The fourth-order valence-corrected chi connectivity index (χ4v) is 3.33. The van der Waals surface area contributed by atoms with Crippen LogP contribution in [0.4, 0.5) is 0 Å². The van der Waals surface area contributed by atoms with Crippen LogP contribution >= 0.6 is 0 Å². The summed E-state index contributed by atoms with van der Waals surface area (Å²) in [7, 11) is 0. The zero-order valence-electron chi connectivity index (χ0n) is 13.7. The van der Waals surface area contributed by atoms with Gasteiger partial charge in [0.25, 0.3) is 0 Å². The molecule has 0 N–H and O–H groups in total. The van der Waals surface area contributed by atoms with E-state index in [9.17, 15) is 0 Å². The van der Waals surface area contributed by atoms with E-state index in [4.69, 9.17) is 0 Å². The van der Waals surface area contributed by atoms with Gasteiger partial charge in [0.15, 0.2) is 0 Å². The fraction of sp³-hybridized carbons (Fsp3) is 0. The molecule has 0 fully saturated rings. The van der Waals surface area contributed by atoms with Crippen LogP contribution in [0.3, 0.4) is 0 Å². The monoisotopic (exact) mass is 391 g/mol. The Morgan fingerprint density at radius 1 is 0.520 bits per heavy atom. The van der Waals surface area contributed by atoms with E-state index >= 15 is 0 Å². The SMILES string of the molecule is [Y].[c-]1ccccc1-c1[c-]c2cc3cc4ccccc4cc3cc2cc1. The first kappa shape index (κ1) is 16.5. The quantitative estimate of drug-likeness (QED) is 0.229. The van der Waals surface area contributed by atoms with Gasteiger partial charge in [0.05, 0.1) is 0 Å². The molecule has 5 aromatic rings. The molecule has 0 amide bonds. The summed E-state index contributed by atoms with van der Waals surface area (Å²) in [6, 6.07) is 36.7. The largest absolute Gasteiger partial charge is 0.209 e. The molecule has 115 valence electrons. The van der Waals surface area contributed by atoms with E-state index < -0.39 is 0 Å². The molecule has 0 saturated carbocycles. The van der Waals surface area contributed by atoms with Gasteiger partial charge >= 0.3 is 0 Å². The van der Waals surface area contributed by atoms with Crippen molar-refractivity contribution in [3.63, 3.8) is 0 Å². The second kappa shape index (κ2) is 6.71. The van der Waals surface area contributed by atoms with Gasteiger partial charge in [0.1, 0.15) is 0 Å². The Bertz CT molecular complexity index is 1190. The van der Waals surface area contributed by atoms with Gasteiger partial charge in [-0.1, -0.05) is 47.2 Å². The minimum Gasteiger partial charge on any atom is -0.209 e. The Morgan fingerprint density at radius 2 is 1.20 bits per heavy atom. The van der Waals surface area contributed by atoms with Gasteiger partial charge in [-0.25, -0.2) is 5.56 Å². The molecule has 0 aliphatic rings. The molecule has 0 unspecified atom stereocenters. The molecule has 0 nitrogen and oxygen atoms in total. The van der Waals surface area contributed by atoms with E-state index in [1.54, 1.807) is 0 Å². The molecule has 0 bridgehead atoms. The summed E-state index contributed by atoms with van der Waals surface area (Å²) >= 11 is 0. The molecule has 1 heteroatoms. The normalized spacial score (nSPS) is 10.9. The van der Waals surface area contributed by atoms with Gasteiger partial charge < -0.3 is 0 Å². The van der Waals surface area contributed by atoms with E-state index in [1.807, 2.05) is 18.2 Å². The Kier molecular flexibility index (Phi) is 4.42. The standard InChI is InChI=1S/C24H14.Y/c1-2-6-17(7-3-1)20-10-11-21-15-23-12-18-8-4-5-9-19(18)13-24(23)16-22(21)14-20;/h1-6,8-13,15-16H;/q-2;. The van der Waals surface area contributed by atoms with Crippen LogP contribution in [0, 0.1) is 12.1 Å². The smallest absolute Gasteiger partial charge is 0 e. The molecule has 0 aliphatic carbocycles. The van der Waals surface area contributed by atoms with E-state index in [0.717, 1.165) is 16.5 Å². The summed E-state index contributed by atoms with van der Waals surface area (Å²) in [5, 5.41) is 7.45. The van der Waals surface area contributed by atoms with Crippen LogP contribution in [0.2, 0.25) is 0 Å². The van der Waals surface area contributed by atoms with Crippen LogP contribution in [0.15, 0.2) is 84.9 Å². The van der Waals surface area contributed by atoms with Gasteiger partial charge in [-0.15, -0.1) is 23.6 Å². The predicted octanol–water partition coefficient (Wildman–Crippen LogP) is 6.41. The molecule has 0 spiro atoms. The minimum atomic E-state index is 0. The Labute approximate surface area is 172 Å². The summed E-state index contributed by atoms with van der Waals surface area (Å²) < 4.78 is 0. The molecule has 0 heterocycles. The van der Waals surface area contributed by atoms with Crippen molar-refractivity contribution in [2.24, 2.45) is 0 Å². The van der Waals surface area contributed by atoms with Gasteiger partial charge in [0, 0.05) is 32.7 Å². The maximum atomic E-state index is 3.55. The summed E-state index contributed by atoms with van der Waals surface area (Å²) in [6.07, 6.45) is 0. The van der Waals surface area contributed by atoms with E-state index in [-0.39, 0.29) is 32.7 Å². The first-order chi connectivity index (χ1) is 11.9. The third kappa shape index (κ3) is 3.01. The van der Waals surface area contributed by atoms with Crippen molar-refractivity contribution in [1.82, 2.24) is 0 Å². The molecule has 0 saturated heterocycles. The van der Waals surface area contributed by atoms with Gasteiger partial charge in [0.2, 0.25) is 0 Å². The van der Waals surface area contributed by atoms with Crippen molar-refractivity contribution >= 4 is 32.3 Å². The van der Waals surface area contributed by atoms with Crippen LogP contribution in [-0.2, 0) is 32.7 Å². The number of fused-ring (bicyclic) bond motifs is 3. The Hall–Kier alpha value is -2.02. The zero-order chi connectivity index (χ0) is 15.9. The molecule has 0 atom stereocenters. The van der Waals surface area contributed by atoms with Crippen molar-refractivity contribution in [3.05, 3.63) is 97.1 Å². The van der Waals surface area contributed by atoms with Crippen molar-refractivity contribution in [1.29, 1.82) is 0 Å². The number of benzene rings is 5. The van der Waals surface area contributed by atoms with Crippen LogP contribution in [0.25, 0.3) is 43.4 Å². The number of rotatable bonds is 1. The van der Waals surface area contributed by atoms with Crippen LogP contribution in [0.1, 0.15) is 0 Å². The van der Waals surface area contributed by atoms with Crippen molar-refractivity contribution < 1.29 is 32.7 Å². The van der Waals surface area contributed by atoms with Crippen LogP contribution in [-0.4, -0.2) is 0 Å². The van der Waals surface area contributed by atoms with Crippen LogP contribution in [0.5, 0.6) is 0 Å². The third-order valence-electron chi connectivity index (χ3n) is 4.57. The maximum Gasteiger partial charge on any atom is 0 e. The first-order valence-corrected chi connectivity index (χ1v) is 8.12. The predicted molar refractivity (Wildman–Crippen MR) is 102 cm³/mol. The van der Waals surface area contributed by atoms with E-state index in [2.05, 4.69) is 78.9 Å².